The molecule has 3 aromatic rings. The van der Waals surface area contributed by atoms with Crippen molar-refractivity contribution in [3.05, 3.63) is 47.2 Å². The second-order valence-corrected chi connectivity index (χ2v) is 4.35. The van der Waals surface area contributed by atoms with Crippen LogP contribution in [-0.4, -0.2) is 31.1 Å². The molecule has 0 fully saturated rings. The zero-order valence-electron chi connectivity index (χ0n) is 9.59. The second-order valence-electron chi connectivity index (χ2n) is 3.63. The molecule has 19 heavy (non-hydrogen) atoms. The summed E-state index contributed by atoms with van der Waals surface area (Å²) in [6, 6.07) is 7.18. The van der Waals surface area contributed by atoms with Gasteiger partial charge in [-0.15, -0.1) is 16.4 Å². The van der Waals surface area contributed by atoms with Gasteiger partial charge >= 0.3 is 0 Å². The quantitative estimate of drug-likeness (QED) is 0.778. The highest BCUT2D eigenvalue weighted by Gasteiger charge is 2.07. The number of tetrazole rings is 1. The van der Waals surface area contributed by atoms with Crippen molar-refractivity contribution in [1.82, 2.24) is 25.2 Å². The van der Waals surface area contributed by atoms with Gasteiger partial charge in [-0.3, -0.25) is 4.79 Å². The maximum Gasteiger partial charge on any atom is 0.275 e. The number of anilines is 1. The van der Waals surface area contributed by atoms with Crippen LogP contribution < -0.4 is 5.32 Å². The van der Waals surface area contributed by atoms with E-state index in [1.165, 1.54) is 22.3 Å². The van der Waals surface area contributed by atoms with Crippen molar-refractivity contribution >= 4 is 22.9 Å². The molecule has 3 rings (SSSR count). The molecule has 1 N–H and O–H groups in total. The Morgan fingerprint density at radius 1 is 1.26 bits per heavy atom. The topological polar surface area (TPSA) is 85.6 Å². The molecule has 2 aromatic heterocycles. The summed E-state index contributed by atoms with van der Waals surface area (Å²) >= 11 is 1.38. The Balaban J connectivity index is 1.75. The number of aromatic nitrogens is 5. The lowest BCUT2D eigenvalue weighted by Crippen LogP contribution is -2.12. The molecule has 2 heterocycles. The summed E-state index contributed by atoms with van der Waals surface area (Å²) in [5, 5.41) is 15.4. The molecule has 1 amide bonds. The molecule has 0 atom stereocenters. The predicted molar refractivity (Wildman–Crippen MR) is 69.2 cm³/mol. The van der Waals surface area contributed by atoms with Crippen molar-refractivity contribution in [3.63, 3.8) is 0 Å². The lowest BCUT2D eigenvalue weighted by atomic mass is 10.2. The minimum absolute atomic E-state index is 0.226. The first-order chi connectivity index (χ1) is 9.33. The third-order valence-corrected chi connectivity index (χ3v) is 2.99. The van der Waals surface area contributed by atoms with Crippen LogP contribution in [0.15, 0.2) is 41.5 Å². The van der Waals surface area contributed by atoms with Crippen LogP contribution in [0.4, 0.5) is 5.69 Å². The average Bonchev–Trinajstić information content (AvgIpc) is 3.13. The van der Waals surface area contributed by atoms with Gasteiger partial charge in [-0.1, -0.05) is 0 Å². The van der Waals surface area contributed by atoms with E-state index in [0.29, 0.717) is 11.4 Å². The Morgan fingerprint density at radius 2 is 2.11 bits per heavy atom. The fourth-order valence-electron chi connectivity index (χ4n) is 1.50. The molecule has 0 spiro atoms. The molecule has 1 aromatic carbocycles. The molecule has 8 heteroatoms. The number of hydrogen-bond acceptors (Lipinski definition) is 6. The van der Waals surface area contributed by atoms with E-state index in [1.54, 1.807) is 23.0 Å². The lowest BCUT2D eigenvalue weighted by molar-refractivity contribution is 0.102. The molecular formula is C11H8N6OS. The van der Waals surface area contributed by atoms with E-state index in [-0.39, 0.29) is 5.91 Å². The number of thiazole rings is 1. The molecule has 7 nitrogen and oxygen atoms in total. The first-order valence-electron chi connectivity index (χ1n) is 5.36. The van der Waals surface area contributed by atoms with Gasteiger partial charge in [0.2, 0.25) is 0 Å². The first kappa shape index (κ1) is 11.5. The van der Waals surface area contributed by atoms with E-state index in [0.717, 1.165) is 5.69 Å². The van der Waals surface area contributed by atoms with Crippen LogP contribution in [0.1, 0.15) is 10.5 Å². The Morgan fingerprint density at radius 3 is 2.74 bits per heavy atom. The number of amides is 1. The van der Waals surface area contributed by atoms with Crippen molar-refractivity contribution in [1.29, 1.82) is 0 Å². The largest absolute Gasteiger partial charge is 0.321 e. The van der Waals surface area contributed by atoms with Gasteiger partial charge in [0, 0.05) is 11.1 Å². The normalized spacial score (nSPS) is 10.3. The fourth-order valence-corrected chi connectivity index (χ4v) is 2.03. The third-order valence-electron chi connectivity index (χ3n) is 2.40. The molecule has 94 valence electrons. The summed E-state index contributed by atoms with van der Waals surface area (Å²) in [5.41, 5.74) is 3.54. The van der Waals surface area contributed by atoms with Crippen LogP contribution in [0.25, 0.3) is 5.69 Å². The highest BCUT2D eigenvalue weighted by Crippen LogP contribution is 2.13. The molecule has 0 radical (unpaired) electrons. The van der Waals surface area contributed by atoms with Crippen LogP contribution in [-0.2, 0) is 0 Å². The highest BCUT2D eigenvalue weighted by atomic mass is 32.1. The first-order valence-corrected chi connectivity index (χ1v) is 6.30. The van der Waals surface area contributed by atoms with Crippen LogP contribution >= 0.6 is 11.3 Å². The molecule has 0 aliphatic rings. The van der Waals surface area contributed by atoms with E-state index in [1.807, 2.05) is 12.1 Å². The van der Waals surface area contributed by atoms with Crippen molar-refractivity contribution < 1.29 is 4.79 Å². The smallest absolute Gasteiger partial charge is 0.275 e. The summed E-state index contributed by atoms with van der Waals surface area (Å²) < 4.78 is 1.53. The molecular weight excluding hydrogens is 264 g/mol. The van der Waals surface area contributed by atoms with Gasteiger partial charge in [0.05, 0.1) is 11.2 Å². The van der Waals surface area contributed by atoms with E-state index >= 15 is 0 Å². The Hall–Kier alpha value is -2.61. The van der Waals surface area contributed by atoms with Crippen LogP contribution in [0.3, 0.4) is 0 Å². The van der Waals surface area contributed by atoms with E-state index in [4.69, 9.17) is 0 Å². The maximum atomic E-state index is 11.8. The third kappa shape index (κ3) is 2.47. The summed E-state index contributed by atoms with van der Waals surface area (Å²) in [7, 11) is 0. The summed E-state index contributed by atoms with van der Waals surface area (Å²) in [6.07, 6.45) is 1.50. The number of carbonyl (C=O) groups is 1. The molecule has 0 aliphatic carbocycles. The van der Waals surface area contributed by atoms with Crippen molar-refractivity contribution in [2.45, 2.75) is 0 Å². The number of hydrogen-bond donors (Lipinski definition) is 1. The summed E-state index contributed by atoms with van der Waals surface area (Å²) in [4.78, 5) is 15.7. The Kier molecular flexibility index (Phi) is 2.99. The van der Waals surface area contributed by atoms with Crippen LogP contribution in [0.5, 0.6) is 0 Å². The van der Waals surface area contributed by atoms with Gasteiger partial charge in [0.25, 0.3) is 5.91 Å². The zero-order valence-corrected chi connectivity index (χ0v) is 10.4. The molecule has 0 aliphatic heterocycles. The predicted octanol–water partition coefficient (Wildman–Crippen LogP) is 1.37. The number of nitrogens with zero attached hydrogens (tertiary/aromatic N) is 5. The van der Waals surface area contributed by atoms with E-state index in [2.05, 4.69) is 25.8 Å². The van der Waals surface area contributed by atoms with Gasteiger partial charge < -0.3 is 5.32 Å². The second kappa shape index (κ2) is 4.94. The van der Waals surface area contributed by atoms with Crippen LogP contribution in [0, 0.1) is 0 Å². The van der Waals surface area contributed by atoms with Gasteiger partial charge in [-0.25, -0.2) is 9.67 Å². The Bertz CT molecular complexity index is 662. The SMILES string of the molecule is O=C(Nc1ccc(-n2cnnn2)cc1)c1cscn1. The monoisotopic (exact) mass is 272 g/mol. The van der Waals surface area contributed by atoms with E-state index < -0.39 is 0 Å². The van der Waals surface area contributed by atoms with Gasteiger partial charge in [-0.05, 0) is 34.7 Å². The number of nitrogens with one attached hydrogen (secondary N) is 1. The van der Waals surface area contributed by atoms with Gasteiger partial charge in [-0.2, -0.15) is 0 Å². The molecule has 0 saturated heterocycles. The minimum Gasteiger partial charge on any atom is -0.321 e. The summed E-state index contributed by atoms with van der Waals surface area (Å²) in [6.45, 7) is 0. The minimum atomic E-state index is -0.226. The lowest BCUT2D eigenvalue weighted by Gasteiger charge is -2.04. The highest BCUT2D eigenvalue weighted by molar-refractivity contribution is 7.07. The molecule has 0 saturated carbocycles. The molecule has 0 bridgehead atoms. The van der Waals surface area contributed by atoms with Crippen molar-refractivity contribution in [2.24, 2.45) is 0 Å². The number of carbonyl (C=O) groups excluding carboxylic acids is 1. The van der Waals surface area contributed by atoms with Crippen molar-refractivity contribution in [2.75, 3.05) is 5.32 Å². The van der Waals surface area contributed by atoms with Gasteiger partial charge in [0.15, 0.2) is 0 Å². The molecule has 0 unspecified atom stereocenters. The maximum absolute atomic E-state index is 11.8. The standard InChI is InChI=1S/C11H8N6OS/c18-11(10-5-19-7-12-10)14-8-1-3-9(4-2-8)17-6-13-15-16-17/h1-7H,(H,14,18). The summed E-state index contributed by atoms with van der Waals surface area (Å²) in [5.74, 6) is -0.226. The number of benzene rings is 1. The number of rotatable bonds is 3. The Labute approximate surface area is 111 Å². The van der Waals surface area contributed by atoms with Crippen molar-refractivity contribution in [3.8, 4) is 5.69 Å². The van der Waals surface area contributed by atoms with Gasteiger partial charge in [0.1, 0.15) is 12.0 Å². The average molecular weight is 272 g/mol. The van der Waals surface area contributed by atoms with Crippen LogP contribution in [0.2, 0.25) is 0 Å². The van der Waals surface area contributed by atoms with E-state index in [9.17, 15) is 4.79 Å². The fraction of sp³-hybridized carbons (Fsp3) is 0. The zero-order chi connectivity index (χ0) is 13.1.